The Morgan fingerprint density at radius 3 is 3.00 bits per heavy atom. The first-order valence-corrected chi connectivity index (χ1v) is 5.22. The Labute approximate surface area is 94.7 Å². The number of rotatable bonds is 2. The highest BCUT2D eigenvalue weighted by Gasteiger charge is 2.10. The summed E-state index contributed by atoms with van der Waals surface area (Å²) in [4.78, 5) is 14.9. The molecule has 0 spiro atoms. The lowest BCUT2D eigenvalue weighted by Gasteiger charge is -1.98. The molecule has 5 heteroatoms. The Balaban J connectivity index is 2.64. The molecule has 0 saturated carbocycles. The lowest BCUT2D eigenvalue weighted by molar-refractivity contribution is -0.136. The third kappa shape index (κ3) is 1.87. The molecule has 15 heavy (non-hydrogen) atoms. The molecule has 4 nitrogen and oxygen atoms in total. The molecule has 78 valence electrons. The summed E-state index contributed by atoms with van der Waals surface area (Å²) in [6.07, 6.45) is 1.76. The van der Waals surface area contributed by atoms with Crippen LogP contribution in [0.3, 0.4) is 0 Å². The molecule has 0 radical (unpaired) electrons. The molecule has 0 atom stereocenters. The third-order valence-electron chi connectivity index (χ3n) is 2.17. The van der Waals surface area contributed by atoms with Gasteiger partial charge < -0.3 is 9.51 Å². The van der Waals surface area contributed by atoms with Gasteiger partial charge in [0, 0.05) is 10.7 Å². The molecular formula is C10H9BrN2O2. The lowest BCUT2D eigenvalue weighted by atomic mass is 10.3. The number of carboxylic acids is 1. The van der Waals surface area contributed by atoms with Gasteiger partial charge in [-0.1, -0.05) is 0 Å². The number of hydrogen-bond acceptors (Lipinski definition) is 2. The first-order chi connectivity index (χ1) is 7.08. The monoisotopic (exact) mass is 268 g/mol. The maximum Gasteiger partial charge on any atom is 0.311 e. The predicted molar refractivity (Wildman–Crippen MR) is 59.0 cm³/mol. The number of aryl methyl sites for hydroxylation is 1. The quantitative estimate of drug-likeness (QED) is 0.907. The highest BCUT2D eigenvalue weighted by Crippen LogP contribution is 2.17. The van der Waals surface area contributed by atoms with Crippen LogP contribution < -0.4 is 0 Å². The molecule has 0 unspecified atom stereocenters. The normalized spacial score (nSPS) is 10.8. The molecule has 0 aliphatic heterocycles. The van der Waals surface area contributed by atoms with E-state index in [4.69, 9.17) is 5.11 Å². The highest BCUT2D eigenvalue weighted by molar-refractivity contribution is 9.10. The summed E-state index contributed by atoms with van der Waals surface area (Å²) >= 11 is 3.35. The Kier molecular flexibility index (Phi) is 2.48. The summed E-state index contributed by atoms with van der Waals surface area (Å²) in [5, 5.41) is 8.74. The van der Waals surface area contributed by atoms with Crippen LogP contribution in [-0.4, -0.2) is 20.5 Å². The van der Waals surface area contributed by atoms with Crippen LogP contribution in [0.25, 0.3) is 5.52 Å². The predicted octanol–water partition coefficient (Wildman–Crippen LogP) is 2.03. The summed E-state index contributed by atoms with van der Waals surface area (Å²) in [6, 6.07) is 3.83. The zero-order valence-electron chi connectivity index (χ0n) is 8.07. The Bertz CT molecular complexity index is 533. The molecule has 0 saturated heterocycles. The van der Waals surface area contributed by atoms with Gasteiger partial charge in [-0.3, -0.25) is 4.79 Å². The topological polar surface area (TPSA) is 54.6 Å². The van der Waals surface area contributed by atoms with Crippen molar-refractivity contribution in [1.29, 1.82) is 0 Å². The Hall–Kier alpha value is -1.36. The van der Waals surface area contributed by atoms with Crippen molar-refractivity contribution in [2.24, 2.45) is 0 Å². The van der Waals surface area contributed by atoms with Crippen molar-refractivity contribution >= 4 is 27.4 Å². The lowest BCUT2D eigenvalue weighted by Crippen LogP contribution is -2.04. The zero-order valence-corrected chi connectivity index (χ0v) is 9.65. The van der Waals surface area contributed by atoms with E-state index in [1.54, 1.807) is 4.40 Å². The van der Waals surface area contributed by atoms with E-state index in [-0.39, 0.29) is 6.42 Å². The van der Waals surface area contributed by atoms with E-state index in [9.17, 15) is 4.79 Å². The number of fused-ring (bicyclic) bond motifs is 1. The van der Waals surface area contributed by atoms with Crippen molar-refractivity contribution in [3.05, 3.63) is 34.3 Å². The first-order valence-electron chi connectivity index (χ1n) is 4.43. The minimum Gasteiger partial charge on any atom is -0.481 e. The van der Waals surface area contributed by atoms with Gasteiger partial charge in [0.1, 0.15) is 12.2 Å². The molecule has 0 bridgehead atoms. The van der Waals surface area contributed by atoms with Gasteiger partial charge in [-0.25, -0.2) is 4.98 Å². The molecule has 1 N–H and O–H groups in total. The fourth-order valence-electron chi connectivity index (χ4n) is 1.55. The van der Waals surface area contributed by atoms with E-state index < -0.39 is 5.97 Å². The van der Waals surface area contributed by atoms with Gasteiger partial charge in [-0.2, -0.15) is 0 Å². The van der Waals surface area contributed by atoms with Crippen molar-refractivity contribution < 1.29 is 9.90 Å². The van der Waals surface area contributed by atoms with Gasteiger partial charge in [0.05, 0.1) is 11.2 Å². The summed E-state index contributed by atoms with van der Waals surface area (Å²) in [5.41, 5.74) is 1.79. The number of aromatic nitrogens is 2. The van der Waals surface area contributed by atoms with Crippen LogP contribution in [0.4, 0.5) is 0 Å². The number of carbonyl (C=O) groups is 1. The van der Waals surface area contributed by atoms with Gasteiger partial charge in [0.15, 0.2) is 0 Å². The molecule has 0 aliphatic carbocycles. The second-order valence-electron chi connectivity index (χ2n) is 3.29. The number of imidazole rings is 1. The molecule has 2 heterocycles. The van der Waals surface area contributed by atoms with Crippen molar-refractivity contribution in [3.8, 4) is 0 Å². The Morgan fingerprint density at radius 1 is 1.60 bits per heavy atom. The van der Waals surface area contributed by atoms with Crippen molar-refractivity contribution in [2.45, 2.75) is 13.3 Å². The number of aliphatic carboxylic acids is 1. The molecule has 2 aromatic rings. The van der Waals surface area contributed by atoms with Crippen LogP contribution in [0.1, 0.15) is 11.5 Å². The number of carboxylic acid groups (broad SMARTS) is 1. The van der Waals surface area contributed by atoms with Gasteiger partial charge in [0.25, 0.3) is 0 Å². The van der Waals surface area contributed by atoms with Crippen LogP contribution >= 0.6 is 15.9 Å². The molecule has 2 rings (SSSR count). The zero-order chi connectivity index (χ0) is 11.0. The first kappa shape index (κ1) is 10.2. The smallest absolute Gasteiger partial charge is 0.311 e. The second-order valence-corrected chi connectivity index (χ2v) is 4.20. The maximum atomic E-state index is 10.6. The molecule has 0 aliphatic rings. The standard InChI is InChI=1S/C10H9BrN2O2/c1-6-8-3-2-7(11)5-13(8)9(12-6)4-10(14)15/h2-3,5H,4H2,1H3,(H,14,15). The van der Waals surface area contributed by atoms with Gasteiger partial charge in [-0.15, -0.1) is 0 Å². The van der Waals surface area contributed by atoms with Crippen molar-refractivity contribution in [3.63, 3.8) is 0 Å². The number of nitrogens with zero attached hydrogens (tertiary/aromatic N) is 2. The van der Waals surface area contributed by atoms with E-state index in [0.29, 0.717) is 5.82 Å². The van der Waals surface area contributed by atoms with E-state index >= 15 is 0 Å². The molecular weight excluding hydrogens is 260 g/mol. The number of halogens is 1. The minimum absolute atomic E-state index is 0.0640. The largest absolute Gasteiger partial charge is 0.481 e. The second kappa shape index (κ2) is 3.66. The van der Waals surface area contributed by atoms with Crippen LogP contribution in [0.15, 0.2) is 22.8 Å². The third-order valence-corrected chi connectivity index (χ3v) is 2.64. The fraction of sp³-hybridized carbons (Fsp3) is 0.200. The molecule has 0 fully saturated rings. The summed E-state index contributed by atoms with van der Waals surface area (Å²) in [5.74, 6) is -0.321. The van der Waals surface area contributed by atoms with E-state index in [2.05, 4.69) is 20.9 Å². The summed E-state index contributed by atoms with van der Waals surface area (Å²) in [7, 11) is 0. The minimum atomic E-state index is -0.873. The van der Waals surface area contributed by atoms with E-state index in [0.717, 1.165) is 15.7 Å². The van der Waals surface area contributed by atoms with Crippen molar-refractivity contribution in [1.82, 2.24) is 9.38 Å². The average molecular weight is 269 g/mol. The summed E-state index contributed by atoms with van der Waals surface area (Å²) < 4.78 is 2.70. The van der Waals surface area contributed by atoms with E-state index in [1.165, 1.54) is 0 Å². The van der Waals surface area contributed by atoms with Gasteiger partial charge in [0.2, 0.25) is 0 Å². The van der Waals surface area contributed by atoms with Gasteiger partial charge in [-0.05, 0) is 35.0 Å². The van der Waals surface area contributed by atoms with Gasteiger partial charge >= 0.3 is 5.97 Å². The average Bonchev–Trinajstić information content (AvgIpc) is 2.42. The Morgan fingerprint density at radius 2 is 2.33 bits per heavy atom. The van der Waals surface area contributed by atoms with Crippen LogP contribution in [0, 0.1) is 6.92 Å². The molecule has 0 aromatic carbocycles. The SMILES string of the molecule is Cc1nc(CC(=O)O)n2cc(Br)ccc12. The highest BCUT2D eigenvalue weighted by atomic mass is 79.9. The van der Waals surface area contributed by atoms with Crippen LogP contribution in [0.5, 0.6) is 0 Å². The van der Waals surface area contributed by atoms with Crippen LogP contribution in [0.2, 0.25) is 0 Å². The van der Waals surface area contributed by atoms with Crippen LogP contribution in [-0.2, 0) is 11.2 Å². The maximum absolute atomic E-state index is 10.6. The van der Waals surface area contributed by atoms with E-state index in [1.807, 2.05) is 25.3 Å². The molecule has 2 aromatic heterocycles. The van der Waals surface area contributed by atoms with Crippen molar-refractivity contribution in [2.75, 3.05) is 0 Å². The number of pyridine rings is 1. The fourth-order valence-corrected chi connectivity index (χ4v) is 1.88. The summed E-state index contributed by atoms with van der Waals surface area (Å²) in [6.45, 7) is 1.87. The number of hydrogen-bond donors (Lipinski definition) is 1. The molecule has 0 amide bonds.